The van der Waals surface area contributed by atoms with Crippen molar-refractivity contribution in [2.24, 2.45) is 5.10 Å². The standard InChI is InChI=1S/C11H9ClFN3S/c12-5-10-7-17-11(15-10)16-14-6-8-1-3-9(13)4-2-8/h1-4,6-7H,5H2,(H,15,16)/b14-6+. The van der Waals surface area contributed by atoms with Gasteiger partial charge in [-0.25, -0.2) is 9.37 Å². The lowest BCUT2D eigenvalue weighted by atomic mass is 10.2. The van der Waals surface area contributed by atoms with Gasteiger partial charge in [-0.05, 0) is 17.7 Å². The van der Waals surface area contributed by atoms with Crippen LogP contribution in [0.15, 0.2) is 34.7 Å². The second kappa shape index (κ2) is 5.75. The maximum atomic E-state index is 12.6. The highest BCUT2D eigenvalue weighted by atomic mass is 35.5. The molecule has 0 bridgehead atoms. The van der Waals surface area contributed by atoms with E-state index in [2.05, 4.69) is 15.5 Å². The third-order valence-corrected chi connectivity index (χ3v) is 3.00. The van der Waals surface area contributed by atoms with E-state index in [0.717, 1.165) is 11.3 Å². The summed E-state index contributed by atoms with van der Waals surface area (Å²) in [6, 6.07) is 6.06. The average molecular weight is 270 g/mol. The molecular formula is C11H9ClFN3S. The van der Waals surface area contributed by atoms with E-state index in [-0.39, 0.29) is 5.82 Å². The third kappa shape index (κ3) is 3.51. The van der Waals surface area contributed by atoms with Crippen LogP contribution in [-0.2, 0) is 5.88 Å². The first-order valence-corrected chi connectivity index (χ1v) is 6.24. The average Bonchev–Trinajstić information content (AvgIpc) is 2.80. The number of anilines is 1. The normalized spacial score (nSPS) is 10.9. The van der Waals surface area contributed by atoms with Crippen LogP contribution in [0.4, 0.5) is 9.52 Å². The van der Waals surface area contributed by atoms with E-state index < -0.39 is 0 Å². The molecule has 3 nitrogen and oxygen atoms in total. The number of hydrogen-bond donors (Lipinski definition) is 1. The number of halogens is 2. The van der Waals surface area contributed by atoms with Gasteiger partial charge in [-0.3, -0.25) is 5.43 Å². The number of benzene rings is 1. The van der Waals surface area contributed by atoms with Crippen LogP contribution in [0.3, 0.4) is 0 Å². The molecule has 1 N–H and O–H groups in total. The highest BCUT2D eigenvalue weighted by Crippen LogP contribution is 2.16. The zero-order chi connectivity index (χ0) is 12.1. The van der Waals surface area contributed by atoms with Crippen molar-refractivity contribution < 1.29 is 4.39 Å². The number of nitrogens with zero attached hydrogens (tertiary/aromatic N) is 2. The van der Waals surface area contributed by atoms with Gasteiger partial charge in [0.15, 0.2) is 0 Å². The summed E-state index contributed by atoms with van der Waals surface area (Å²) in [6.45, 7) is 0. The molecule has 2 aromatic rings. The molecule has 2 rings (SSSR count). The van der Waals surface area contributed by atoms with Crippen LogP contribution in [0, 0.1) is 5.82 Å². The van der Waals surface area contributed by atoms with E-state index >= 15 is 0 Å². The molecule has 0 atom stereocenters. The Hall–Kier alpha value is -1.46. The van der Waals surface area contributed by atoms with Crippen molar-refractivity contribution in [3.05, 3.63) is 46.7 Å². The van der Waals surface area contributed by atoms with E-state index in [0.29, 0.717) is 11.0 Å². The van der Waals surface area contributed by atoms with Crippen molar-refractivity contribution in [2.45, 2.75) is 5.88 Å². The van der Waals surface area contributed by atoms with Crippen molar-refractivity contribution in [3.8, 4) is 0 Å². The Morgan fingerprint density at radius 2 is 2.18 bits per heavy atom. The second-order valence-corrected chi connectivity index (χ2v) is 4.32. The molecule has 0 saturated carbocycles. The van der Waals surface area contributed by atoms with E-state index in [9.17, 15) is 4.39 Å². The van der Waals surface area contributed by atoms with Gasteiger partial charge in [0.2, 0.25) is 5.13 Å². The van der Waals surface area contributed by atoms with Crippen LogP contribution < -0.4 is 5.43 Å². The van der Waals surface area contributed by atoms with Crippen LogP contribution >= 0.6 is 22.9 Å². The minimum Gasteiger partial charge on any atom is -0.253 e. The van der Waals surface area contributed by atoms with Crippen LogP contribution in [0.5, 0.6) is 0 Å². The Morgan fingerprint density at radius 3 is 2.82 bits per heavy atom. The summed E-state index contributed by atoms with van der Waals surface area (Å²) in [4.78, 5) is 4.18. The van der Waals surface area contributed by atoms with Crippen molar-refractivity contribution >= 4 is 34.3 Å². The number of rotatable bonds is 4. The Balaban J connectivity index is 1.95. The zero-order valence-corrected chi connectivity index (χ0v) is 10.3. The fourth-order valence-corrected chi connectivity index (χ4v) is 2.02. The summed E-state index contributed by atoms with van der Waals surface area (Å²) in [5.74, 6) is 0.127. The first-order valence-electron chi connectivity index (χ1n) is 4.83. The molecule has 1 aromatic heterocycles. The fraction of sp³-hybridized carbons (Fsp3) is 0.0909. The highest BCUT2D eigenvalue weighted by molar-refractivity contribution is 7.13. The van der Waals surface area contributed by atoms with Gasteiger partial charge in [0.25, 0.3) is 0 Å². The highest BCUT2D eigenvalue weighted by Gasteiger charge is 1.98. The number of thiazole rings is 1. The minimum absolute atomic E-state index is 0.262. The number of hydrazone groups is 1. The largest absolute Gasteiger partial charge is 0.253 e. The molecule has 0 fully saturated rings. The number of hydrogen-bond acceptors (Lipinski definition) is 4. The molecule has 0 aliphatic rings. The summed E-state index contributed by atoms with van der Waals surface area (Å²) in [7, 11) is 0. The Morgan fingerprint density at radius 1 is 1.41 bits per heavy atom. The fourth-order valence-electron chi connectivity index (χ4n) is 1.13. The van der Waals surface area contributed by atoms with Crippen LogP contribution in [0.25, 0.3) is 0 Å². The Bertz CT molecular complexity index is 510. The van der Waals surface area contributed by atoms with Crippen molar-refractivity contribution in [1.82, 2.24) is 4.98 Å². The van der Waals surface area contributed by atoms with E-state index in [1.165, 1.54) is 23.5 Å². The SMILES string of the molecule is Fc1ccc(/C=N/Nc2nc(CCl)cs2)cc1. The molecule has 0 aliphatic carbocycles. The Labute approximate surface area is 107 Å². The lowest BCUT2D eigenvalue weighted by Gasteiger charge is -1.94. The van der Waals surface area contributed by atoms with Gasteiger partial charge >= 0.3 is 0 Å². The number of nitrogens with one attached hydrogen (secondary N) is 1. The van der Waals surface area contributed by atoms with E-state index in [1.807, 2.05) is 5.38 Å². The maximum absolute atomic E-state index is 12.6. The molecule has 6 heteroatoms. The van der Waals surface area contributed by atoms with Crippen LogP contribution in [0.2, 0.25) is 0 Å². The summed E-state index contributed by atoms with van der Waals surface area (Å²) in [6.07, 6.45) is 1.60. The maximum Gasteiger partial charge on any atom is 0.203 e. The van der Waals surface area contributed by atoms with Gasteiger partial charge in [0, 0.05) is 5.38 Å². The summed E-state index contributed by atoms with van der Waals surface area (Å²) < 4.78 is 12.6. The molecule has 0 unspecified atom stereocenters. The van der Waals surface area contributed by atoms with Crippen LogP contribution in [-0.4, -0.2) is 11.2 Å². The van der Waals surface area contributed by atoms with Gasteiger partial charge in [0.05, 0.1) is 17.8 Å². The molecule has 0 aliphatic heterocycles. The summed E-state index contributed by atoms with van der Waals surface area (Å²) in [5.41, 5.74) is 4.42. The zero-order valence-electron chi connectivity index (χ0n) is 8.73. The predicted molar refractivity (Wildman–Crippen MR) is 69.3 cm³/mol. The lowest BCUT2D eigenvalue weighted by molar-refractivity contribution is 0.628. The molecule has 0 radical (unpaired) electrons. The number of aromatic nitrogens is 1. The smallest absolute Gasteiger partial charge is 0.203 e. The van der Waals surface area contributed by atoms with Gasteiger partial charge in [-0.2, -0.15) is 5.10 Å². The predicted octanol–water partition coefficient (Wildman–Crippen LogP) is 3.47. The van der Waals surface area contributed by atoms with Crippen molar-refractivity contribution in [2.75, 3.05) is 5.43 Å². The molecule has 88 valence electrons. The second-order valence-electron chi connectivity index (χ2n) is 3.20. The quantitative estimate of drug-likeness (QED) is 0.524. The van der Waals surface area contributed by atoms with E-state index in [4.69, 9.17) is 11.6 Å². The molecule has 0 spiro atoms. The third-order valence-electron chi connectivity index (χ3n) is 1.93. The summed E-state index contributed by atoms with van der Waals surface area (Å²) >= 11 is 7.06. The Kier molecular flexibility index (Phi) is 4.06. The molecular weight excluding hydrogens is 261 g/mol. The van der Waals surface area contributed by atoms with Crippen molar-refractivity contribution in [1.29, 1.82) is 0 Å². The lowest BCUT2D eigenvalue weighted by Crippen LogP contribution is -1.90. The molecule has 1 heterocycles. The van der Waals surface area contributed by atoms with Crippen molar-refractivity contribution in [3.63, 3.8) is 0 Å². The monoisotopic (exact) mass is 269 g/mol. The first-order chi connectivity index (χ1) is 8.28. The first kappa shape index (κ1) is 12.0. The van der Waals surface area contributed by atoms with E-state index in [1.54, 1.807) is 18.3 Å². The van der Waals surface area contributed by atoms with Gasteiger partial charge < -0.3 is 0 Å². The molecule has 1 aromatic carbocycles. The molecule has 0 amide bonds. The van der Waals surface area contributed by atoms with Gasteiger partial charge in [-0.15, -0.1) is 22.9 Å². The van der Waals surface area contributed by atoms with Crippen LogP contribution in [0.1, 0.15) is 11.3 Å². The van der Waals surface area contributed by atoms with Gasteiger partial charge in [-0.1, -0.05) is 12.1 Å². The minimum atomic E-state index is -0.262. The summed E-state index contributed by atoms with van der Waals surface area (Å²) in [5, 5.41) is 6.54. The molecule has 0 saturated heterocycles. The topological polar surface area (TPSA) is 37.3 Å². The number of alkyl halides is 1. The molecule has 17 heavy (non-hydrogen) atoms. The van der Waals surface area contributed by atoms with Gasteiger partial charge in [0.1, 0.15) is 5.82 Å².